The van der Waals surface area contributed by atoms with Crippen LogP contribution in [0.2, 0.25) is 0 Å². The van der Waals surface area contributed by atoms with Gasteiger partial charge in [0.25, 0.3) is 0 Å². The van der Waals surface area contributed by atoms with Gasteiger partial charge in [0, 0.05) is 0 Å². The van der Waals surface area contributed by atoms with Crippen LogP contribution in [-0.4, -0.2) is 9.78 Å². The Kier molecular flexibility index (Phi) is 2.61. The van der Waals surface area contributed by atoms with Crippen molar-refractivity contribution in [3.05, 3.63) is 47.2 Å². The van der Waals surface area contributed by atoms with E-state index in [1.54, 1.807) is 4.68 Å². The molecule has 2 aromatic rings. The summed E-state index contributed by atoms with van der Waals surface area (Å²) in [6, 6.07) is 10.1. The lowest BCUT2D eigenvalue weighted by Gasteiger charge is -2.05. The van der Waals surface area contributed by atoms with Crippen molar-refractivity contribution in [1.29, 1.82) is 5.26 Å². The Morgan fingerprint density at radius 2 is 2.31 bits per heavy atom. The highest BCUT2D eigenvalue weighted by molar-refractivity contribution is 5.47. The zero-order valence-electron chi connectivity index (χ0n) is 9.01. The third-order valence-corrected chi connectivity index (χ3v) is 2.42. The van der Waals surface area contributed by atoms with Crippen molar-refractivity contribution < 1.29 is 0 Å². The first-order chi connectivity index (χ1) is 7.70. The van der Waals surface area contributed by atoms with Crippen molar-refractivity contribution >= 4 is 5.82 Å². The van der Waals surface area contributed by atoms with Gasteiger partial charge in [0.05, 0.1) is 12.7 Å². The number of rotatable bonds is 2. The number of benzene rings is 1. The van der Waals surface area contributed by atoms with Gasteiger partial charge in [0.15, 0.2) is 0 Å². The van der Waals surface area contributed by atoms with Crippen LogP contribution in [0, 0.1) is 18.3 Å². The molecule has 0 saturated heterocycles. The smallest absolute Gasteiger partial charge is 0.140 e. The Balaban J connectivity index is 2.28. The third kappa shape index (κ3) is 1.89. The summed E-state index contributed by atoms with van der Waals surface area (Å²) in [5.41, 5.74) is 8.52. The largest absolute Gasteiger partial charge is 0.383 e. The number of anilines is 1. The van der Waals surface area contributed by atoms with E-state index in [0.29, 0.717) is 17.9 Å². The lowest BCUT2D eigenvalue weighted by molar-refractivity contribution is 0.697. The van der Waals surface area contributed by atoms with Gasteiger partial charge in [-0.25, -0.2) is 4.68 Å². The minimum atomic E-state index is 0.420. The van der Waals surface area contributed by atoms with Gasteiger partial charge in [0.1, 0.15) is 17.5 Å². The lowest BCUT2D eigenvalue weighted by atomic mass is 10.1. The molecule has 0 radical (unpaired) electrons. The van der Waals surface area contributed by atoms with Crippen molar-refractivity contribution in [3.63, 3.8) is 0 Å². The van der Waals surface area contributed by atoms with Crippen molar-refractivity contribution in [3.8, 4) is 6.07 Å². The number of nitrogens with two attached hydrogens (primary N) is 1. The molecule has 2 rings (SSSR count). The van der Waals surface area contributed by atoms with Gasteiger partial charge in [-0.1, -0.05) is 29.8 Å². The molecular weight excluding hydrogens is 200 g/mol. The fourth-order valence-electron chi connectivity index (χ4n) is 1.59. The Morgan fingerprint density at radius 3 is 2.94 bits per heavy atom. The third-order valence-electron chi connectivity index (χ3n) is 2.42. The number of nitriles is 1. The minimum absolute atomic E-state index is 0.420. The normalized spacial score (nSPS) is 10.0. The molecule has 0 bridgehead atoms. The van der Waals surface area contributed by atoms with Crippen LogP contribution in [0.3, 0.4) is 0 Å². The van der Waals surface area contributed by atoms with Crippen LogP contribution in [0.1, 0.15) is 16.7 Å². The minimum Gasteiger partial charge on any atom is -0.383 e. The molecule has 1 aromatic carbocycles. The summed E-state index contributed by atoms with van der Waals surface area (Å²) >= 11 is 0. The fraction of sp³-hybridized carbons (Fsp3) is 0.167. The predicted molar refractivity (Wildman–Crippen MR) is 61.6 cm³/mol. The molecule has 0 saturated carbocycles. The first kappa shape index (κ1) is 10.2. The van der Waals surface area contributed by atoms with Crippen LogP contribution >= 0.6 is 0 Å². The second-order valence-corrected chi connectivity index (χ2v) is 3.70. The highest BCUT2D eigenvalue weighted by Gasteiger charge is 2.06. The first-order valence-corrected chi connectivity index (χ1v) is 4.97. The number of aromatic nitrogens is 2. The molecule has 1 aromatic heterocycles. The maximum atomic E-state index is 8.76. The molecule has 0 amide bonds. The average molecular weight is 212 g/mol. The summed E-state index contributed by atoms with van der Waals surface area (Å²) < 4.78 is 1.63. The van der Waals surface area contributed by atoms with E-state index in [1.165, 1.54) is 11.8 Å². The Hall–Kier alpha value is -2.28. The second-order valence-electron chi connectivity index (χ2n) is 3.70. The summed E-state index contributed by atoms with van der Waals surface area (Å²) in [5.74, 6) is 0.420. The fourth-order valence-corrected chi connectivity index (χ4v) is 1.59. The van der Waals surface area contributed by atoms with Gasteiger partial charge in [-0.3, -0.25) is 0 Å². The topological polar surface area (TPSA) is 67.6 Å². The highest BCUT2D eigenvalue weighted by Crippen LogP contribution is 2.12. The quantitative estimate of drug-likeness (QED) is 0.823. The lowest BCUT2D eigenvalue weighted by Crippen LogP contribution is -2.06. The summed E-state index contributed by atoms with van der Waals surface area (Å²) in [6.45, 7) is 2.63. The molecule has 16 heavy (non-hydrogen) atoms. The molecule has 0 aliphatic heterocycles. The molecule has 4 heteroatoms. The monoisotopic (exact) mass is 212 g/mol. The van der Waals surface area contributed by atoms with E-state index < -0.39 is 0 Å². The molecule has 0 fully saturated rings. The Labute approximate surface area is 93.9 Å². The zero-order chi connectivity index (χ0) is 11.5. The van der Waals surface area contributed by atoms with Gasteiger partial charge < -0.3 is 5.73 Å². The van der Waals surface area contributed by atoms with Crippen molar-refractivity contribution in [2.45, 2.75) is 13.5 Å². The SMILES string of the molecule is Cc1cccc(Cn2ncc(C#N)c2N)c1. The number of nitrogens with zero attached hydrogens (tertiary/aromatic N) is 3. The molecule has 0 aliphatic rings. The van der Waals surface area contributed by atoms with Crippen molar-refractivity contribution in [2.24, 2.45) is 0 Å². The van der Waals surface area contributed by atoms with Gasteiger partial charge in [0.2, 0.25) is 0 Å². The van der Waals surface area contributed by atoms with Crippen LogP contribution in [0.5, 0.6) is 0 Å². The number of hydrogen-bond donors (Lipinski definition) is 1. The molecule has 80 valence electrons. The van der Waals surface area contributed by atoms with Gasteiger partial charge in [-0.2, -0.15) is 10.4 Å². The standard InChI is InChI=1S/C12H12N4/c1-9-3-2-4-10(5-9)8-16-12(14)11(6-13)7-15-16/h2-5,7H,8,14H2,1H3. The zero-order valence-corrected chi connectivity index (χ0v) is 9.01. The van der Waals surface area contributed by atoms with Crippen LogP contribution in [-0.2, 0) is 6.54 Å². The summed E-state index contributed by atoms with van der Waals surface area (Å²) in [5, 5.41) is 12.8. The second kappa shape index (κ2) is 4.07. The Morgan fingerprint density at radius 1 is 1.50 bits per heavy atom. The predicted octanol–water partition coefficient (Wildman–Crippen LogP) is 1.69. The van der Waals surface area contributed by atoms with E-state index in [4.69, 9.17) is 11.0 Å². The summed E-state index contributed by atoms with van der Waals surface area (Å²) in [4.78, 5) is 0. The van der Waals surface area contributed by atoms with E-state index in [0.717, 1.165) is 5.56 Å². The number of hydrogen-bond acceptors (Lipinski definition) is 3. The maximum Gasteiger partial charge on any atom is 0.140 e. The molecule has 0 spiro atoms. The molecule has 2 N–H and O–H groups in total. The molecule has 4 nitrogen and oxygen atoms in total. The van der Waals surface area contributed by atoms with E-state index in [2.05, 4.69) is 11.2 Å². The van der Waals surface area contributed by atoms with E-state index in [1.807, 2.05) is 31.2 Å². The number of aryl methyl sites for hydroxylation is 1. The molecule has 0 aliphatic carbocycles. The summed E-state index contributed by atoms with van der Waals surface area (Å²) in [6.07, 6.45) is 1.49. The molecular formula is C12H12N4. The highest BCUT2D eigenvalue weighted by atomic mass is 15.3. The van der Waals surface area contributed by atoms with Crippen LogP contribution in [0.25, 0.3) is 0 Å². The first-order valence-electron chi connectivity index (χ1n) is 4.97. The van der Waals surface area contributed by atoms with Gasteiger partial charge in [-0.05, 0) is 12.5 Å². The van der Waals surface area contributed by atoms with Gasteiger partial charge in [-0.15, -0.1) is 0 Å². The maximum absolute atomic E-state index is 8.76. The van der Waals surface area contributed by atoms with Crippen molar-refractivity contribution in [2.75, 3.05) is 5.73 Å². The molecule has 0 unspecified atom stereocenters. The van der Waals surface area contributed by atoms with Crippen molar-refractivity contribution in [1.82, 2.24) is 9.78 Å². The Bertz CT molecular complexity index is 548. The van der Waals surface area contributed by atoms with Gasteiger partial charge >= 0.3 is 0 Å². The van der Waals surface area contributed by atoms with E-state index in [-0.39, 0.29) is 0 Å². The molecule has 1 heterocycles. The average Bonchev–Trinajstić information content (AvgIpc) is 2.60. The number of nitrogen functional groups attached to an aromatic ring is 1. The van der Waals surface area contributed by atoms with E-state index in [9.17, 15) is 0 Å². The van der Waals surface area contributed by atoms with Crippen LogP contribution in [0.4, 0.5) is 5.82 Å². The summed E-state index contributed by atoms with van der Waals surface area (Å²) in [7, 11) is 0. The van der Waals surface area contributed by atoms with Crippen LogP contribution in [0.15, 0.2) is 30.5 Å². The van der Waals surface area contributed by atoms with Crippen LogP contribution < -0.4 is 5.73 Å². The molecule has 0 atom stereocenters. The van der Waals surface area contributed by atoms with E-state index >= 15 is 0 Å².